The van der Waals surface area contributed by atoms with Crippen molar-refractivity contribution >= 4 is 39.2 Å². The summed E-state index contributed by atoms with van der Waals surface area (Å²) in [6.07, 6.45) is 0.0902. The van der Waals surface area contributed by atoms with Crippen molar-refractivity contribution in [1.29, 1.82) is 0 Å². The second kappa shape index (κ2) is 9.23. The molecule has 3 N–H and O–H groups in total. The molecule has 4 aromatic rings. The second-order valence-corrected chi connectivity index (χ2v) is 8.35. The number of hydrogen-bond donors (Lipinski definition) is 3. The number of amides is 2. The molecule has 0 aliphatic rings. The predicted octanol–water partition coefficient (Wildman–Crippen LogP) is 4.81. The van der Waals surface area contributed by atoms with E-state index in [1.165, 1.54) is 18.3 Å². The van der Waals surface area contributed by atoms with Gasteiger partial charge in [-0.3, -0.25) is 9.59 Å². The highest BCUT2D eigenvalue weighted by atomic mass is 32.1. The maximum atomic E-state index is 12.7. The van der Waals surface area contributed by atoms with Crippen LogP contribution < -0.4 is 15.4 Å². The Kier molecular flexibility index (Phi) is 6.23. The molecule has 0 aliphatic heterocycles. The molecule has 2 amide bonds. The molecule has 2 heterocycles. The van der Waals surface area contributed by atoms with Gasteiger partial charge in [0.1, 0.15) is 5.75 Å². The largest absolute Gasteiger partial charge is 0.497 e. The number of carbonyl (C=O) groups excluding carboxylic acids is 2. The fraction of sp³-hybridized carbons (Fsp3) is 0.208. The molecule has 0 fully saturated rings. The van der Waals surface area contributed by atoms with E-state index in [0.29, 0.717) is 10.9 Å². The monoisotopic (exact) mass is 448 g/mol. The number of benzene rings is 2. The van der Waals surface area contributed by atoms with Crippen molar-refractivity contribution in [2.75, 3.05) is 12.4 Å². The molecule has 0 spiro atoms. The third-order valence-electron chi connectivity index (χ3n) is 5.19. The third-order valence-corrected chi connectivity index (χ3v) is 5.94. The first-order valence-electron chi connectivity index (χ1n) is 10.2. The van der Waals surface area contributed by atoms with Gasteiger partial charge in [0.2, 0.25) is 11.8 Å². The van der Waals surface area contributed by atoms with Crippen LogP contribution in [0.3, 0.4) is 0 Å². The first-order valence-corrected chi connectivity index (χ1v) is 11.1. The zero-order valence-electron chi connectivity index (χ0n) is 18.1. The summed E-state index contributed by atoms with van der Waals surface area (Å²) in [6.45, 7) is 3.45. The van der Waals surface area contributed by atoms with Gasteiger partial charge in [0.15, 0.2) is 5.13 Å². The molecule has 1 atom stereocenters. The first kappa shape index (κ1) is 21.6. The number of thiazole rings is 1. The highest BCUT2D eigenvalue weighted by Crippen LogP contribution is 2.34. The normalized spacial score (nSPS) is 11.8. The summed E-state index contributed by atoms with van der Waals surface area (Å²) in [5.74, 6) is 0.281. The van der Waals surface area contributed by atoms with Gasteiger partial charge in [-0.2, -0.15) is 0 Å². The molecular weight excluding hydrogens is 424 g/mol. The molecule has 0 bridgehead atoms. The van der Waals surface area contributed by atoms with Crippen LogP contribution >= 0.6 is 11.3 Å². The van der Waals surface area contributed by atoms with Crippen molar-refractivity contribution in [2.24, 2.45) is 0 Å². The van der Waals surface area contributed by atoms with Crippen molar-refractivity contribution in [3.8, 4) is 17.0 Å². The summed E-state index contributed by atoms with van der Waals surface area (Å²) in [4.78, 5) is 32.4. The maximum absolute atomic E-state index is 12.7. The average Bonchev–Trinajstić information content (AvgIpc) is 3.35. The van der Waals surface area contributed by atoms with E-state index in [9.17, 15) is 9.59 Å². The molecule has 164 valence electrons. The SMILES string of the molecule is COc1ccc([C@H](CC(=O)Nc2nc(-c3c(C)[nH]c4ccccc34)cs2)NC(C)=O)cc1. The Morgan fingerprint density at radius 3 is 2.62 bits per heavy atom. The number of hydrogen-bond acceptors (Lipinski definition) is 5. The number of aryl methyl sites for hydroxylation is 1. The van der Waals surface area contributed by atoms with Crippen molar-refractivity contribution in [3.63, 3.8) is 0 Å². The molecule has 0 unspecified atom stereocenters. The van der Waals surface area contributed by atoms with Crippen molar-refractivity contribution in [3.05, 3.63) is 65.2 Å². The Bertz CT molecular complexity index is 1260. The van der Waals surface area contributed by atoms with Gasteiger partial charge in [0.25, 0.3) is 0 Å². The quantitative estimate of drug-likeness (QED) is 0.378. The summed E-state index contributed by atoms with van der Waals surface area (Å²) in [5, 5.41) is 9.27. The predicted molar refractivity (Wildman–Crippen MR) is 127 cm³/mol. The molecule has 2 aromatic heterocycles. The average molecular weight is 449 g/mol. The fourth-order valence-electron chi connectivity index (χ4n) is 3.74. The van der Waals surface area contributed by atoms with Crippen LogP contribution in [0.15, 0.2) is 53.9 Å². The van der Waals surface area contributed by atoms with Gasteiger partial charge in [0, 0.05) is 34.5 Å². The molecule has 7 nitrogen and oxygen atoms in total. The van der Waals surface area contributed by atoms with Crippen LogP contribution in [-0.2, 0) is 9.59 Å². The lowest BCUT2D eigenvalue weighted by Gasteiger charge is -2.18. The number of ether oxygens (including phenoxy) is 1. The topological polar surface area (TPSA) is 96.1 Å². The van der Waals surface area contributed by atoms with E-state index in [4.69, 9.17) is 4.74 Å². The Labute approximate surface area is 189 Å². The first-order chi connectivity index (χ1) is 15.4. The van der Waals surface area contributed by atoms with Crippen LogP contribution in [0.25, 0.3) is 22.2 Å². The summed E-state index contributed by atoms with van der Waals surface area (Å²) in [6, 6.07) is 14.9. The Hall–Kier alpha value is -3.65. The number of nitrogens with zero attached hydrogens (tertiary/aromatic N) is 1. The number of carbonyl (C=O) groups is 2. The van der Waals surface area contributed by atoms with E-state index < -0.39 is 6.04 Å². The lowest BCUT2D eigenvalue weighted by molar-refractivity contribution is -0.120. The van der Waals surface area contributed by atoms with Crippen LogP contribution in [-0.4, -0.2) is 28.9 Å². The van der Waals surface area contributed by atoms with Gasteiger partial charge < -0.3 is 20.4 Å². The van der Waals surface area contributed by atoms with Gasteiger partial charge in [-0.15, -0.1) is 11.3 Å². The molecule has 0 aliphatic carbocycles. The van der Waals surface area contributed by atoms with Crippen molar-refractivity contribution < 1.29 is 14.3 Å². The van der Waals surface area contributed by atoms with Gasteiger partial charge in [-0.25, -0.2) is 4.98 Å². The third kappa shape index (κ3) is 4.65. The van der Waals surface area contributed by atoms with Crippen molar-refractivity contribution in [2.45, 2.75) is 26.3 Å². The molecule has 4 rings (SSSR count). The van der Waals surface area contributed by atoms with E-state index in [2.05, 4.69) is 26.7 Å². The summed E-state index contributed by atoms with van der Waals surface area (Å²) in [5.41, 5.74) is 4.75. The second-order valence-electron chi connectivity index (χ2n) is 7.49. The van der Waals surface area contributed by atoms with E-state index in [1.54, 1.807) is 19.2 Å². The number of para-hydroxylation sites is 1. The Balaban J connectivity index is 1.50. The Morgan fingerprint density at radius 1 is 1.16 bits per heavy atom. The lowest BCUT2D eigenvalue weighted by Crippen LogP contribution is -2.29. The molecule has 0 radical (unpaired) electrons. The van der Waals surface area contributed by atoms with Gasteiger partial charge in [-0.05, 0) is 30.7 Å². The molecule has 0 saturated carbocycles. The Morgan fingerprint density at radius 2 is 1.91 bits per heavy atom. The van der Waals surface area contributed by atoms with Gasteiger partial charge >= 0.3 is 0 Å². The summed E-state index contributed by atoms with van der Waals surface area (Å²) < 4.78 is 5.18. The number of fused-ring (bicyclic) bond motifs is 1. The van der Waals surface area contributed by atoms with Crippen molar-refractivity contribution in [1.82, 2.24) is 15.3 Å². The zero-order valence-corrected chi connectivity index (χ0v) is 18.9. The lowest BCUT2D eigenvalue weighted by atomic mass is 10.0. The molecular formula is C24H24N4O3S. The summed E-state index contributed by atoms with van der Waals surface area (Å²) in [7, 11) is 1.59. The zero-order chi connectivity index (χ0) is 22.7. The number of methoxy groups -OCH3 is 1. The molecule has 2 aromatic carbocycles. The van der Waals surface area contributed by atoms with E-state index in [0.717, 1.165) is 33.4 Å². The number of nitrogens with one attached hydrogen (secondary N) is 3. The van der Waals surface area contributed by atoms with Gasteiger partial charge in [0.05, 0.1) is 25.3 Å². The van der Waals surface area contributed by atoms with Crippen LogP contribution in [0.1, 0.15) is 30.6 Å². The number of aromatic nitrogens is 2. The molecule has 32 heavy (non-hydrogen) atoms. The van der Waals surface area contributed by atoms with E-state index >= 15 is 0 Å². The molecule has 0 saturated heterocycles. The highest BCUT2D eigenvalue weighted by molar-refractivity contribution is 7.14. The number of aromatic amines is 1. The highest BCUT2D eigenvalue weighted by Gasteiger charge is 2.19. The smallest absolute Gasteiger partial charge is 0.228 e. The maximum Gasteiger partial charge on any atom is 0.228 e. The standard InChI is InChI=1S/C24H24N4O3S/c1-14-23(18-6-4-5-7-19(18)25-14)21-13-32-24(27-21)28-22(30)12-20(26-15(2)29)16-8-10-17(31-3)11-9-16/h4-11,13,20,25H,12H2,1-3H3,(H,26,29)(H,27,28,30)/t20-/m0/s1. The van der Waals surface area contributed by atoms with Crippen LogP contribution in [0.2, 0.25) is 0 Å². The van der Waals surface area contributed by atoms with E-state index in [1.807, 2.05) is 42.6 Å². The van der Waals surface area contributed by atoms with Crippen LogP contribution in [0.4, 0.5) is 5.13 Å². The van der Waals surface area contributed by atoms with Crippen LogP contribution in [0.5, 0.6) is 5.75 Å². The minimum Gasteiger partial charge on any atom is -0.497 e. The minimum atomic E-state index is -0.450. The van der Waals surface area contributed by atoms with E-state index in [-0.39, 0.29) is 18.2 Å². The number of H-pyrrole nitrogens is 1. The number of rotatable bonds is 7. The van der Waals surface area contributed by atoms with Gasteiger partial charge in [-0.1, -0.05) is 30.3 Å². The molecule has 8 heteroatoms. The minimum absolute atomic E-state index is 0.0902. The number of anilines is 1. The summed E-state index contributed by atoms with van der Waals surface area (Å²) >= 11 is 1.37. The fourth-order valence-corrected chi connectivity index (χ4v) is 4.46. The van der Waals surface area contributed by atoms with Crippen LogP contribution in [0, 0.1) is 6.92 Å².